The van der Waals surface area contributed by atoms with Crippen LogP contribution in [0.2, 0.25) is 0 Å². The Morgan fingerprint density at radius 3 is 2.62 bits per heavy atom. The minimum absolute atomic E-state index is 0.0534. The third-order valence-corrected chi connectivity index (χ3v) is 9.96. The van der Waals surface area contributed by atoms with E-state index in [4.69, 9.17) is 18.6 Å². The van der Waals surface area contributed by atoms with Gasteiger partial charge in [-0.1, -0.05) is 18.2 Å². The average molecular weight is 594 g/mol. The van der Waals surface area contributed by atoms with Crippen molar-refractivity contribution < 1.29 is 33.0 Å². The molecule has 3 aliphatic rings. The molecule has 0 N–H and O–H groups in total. The van der Waals surface area contributed by atoms with Crippen LogP contribution in [-0.4, -0.2) is 74.5 Å². The fourth-order valence-electron chi connectivity index (χ4n) is 6.39. The van der Waals surface area contributed by atoms with Crippen molar-refractivity contribution in [1.82, 2.24) is 9.88 Å². The number of carbonyl (C=O) groups excluding carboxylic acids is 3. The first-order chi connectivity index (χ1) is 20.2. The number of para-hydroxylation sites is 1. The topological polar surface area (TPSA) is 111 Å². The number of oxazole rings is 1. The van der Waals surface area contributed by atoms with Crippen molar-refractivity contribution in [2.75, 3.05) is 45.9 Å². The van der Waals surface area contributed by atoms with Crippen LogP contribution in [0.15, 0.2) is 41.1 Å². The predicted molar refractivity (Wildman–Crippen MR) is 156 cm³/mol. The second-order valence-electron chi connectivity index (χ2n) is 11.4. The minimum Gasteiger partial charge on any atom is -0.496 e. The van der Waals surface area contributed by atoms with Gasteiger partial charge in [0.15, 0.2) is 5.78 Å². The third kappa shape index (κ3) is 4.73. The van der Waals surface area contributed by atoms with E-state index in [1.165, 1.54) is 22.5 Å². The number of anilines is 1. The number of rotatable bonds is 8. The first-order valence-corrected chi connectivity index (χ1v) is 15.0. The number of hydrogen-bond acceptors (Lipinski definition) is 9. The lowest BCUT2D eigenvalue weighted by molar-refractivity contribution is -0.145. The largest absolute Gasteiger partial charge is 0.496 e. The summed E-state index contributed by atoms with van der Waals surface area (Å²) in [5.74, 6) is 0.0786. The van der Waals surface area contributed by atoms with E-state index in [0.717, 1.165) is 24.0 Å². The lowest BCUT2D eigenvalue weighted by Crippen LogP contribution is -2.61. The molecule has 1 aliphatic carbocycles. The van der Waals surface area contributed by atoms with Gasteiger partial charge in [0.1, 0.15) is 28.5 Å². The fraction of sp³-hybridized carbons (Fsp3) is 0.484. The van der Waals surface area contributed by atoms with Gasteiger partial charge in [-0.15, -0.1) is 11.3 Å². The molecule has 42 heavy (non-hydrogen) atoms. The molecule has 4 heterocycles. The quantitative estimate of drug-likeness (QED) is 0.347. The van der Waals surface area contributed by atoms with Crippen molar-refractivity contribution >= 4 is 33.9 Å². The Kier molecular flexibility index (Phi) is 7.67. The molecule has 2 aromatic heterocycles. The summed E-state index contributed by atoms with van der Waals surface area (Å²) in [4.78, 5) is 49.8. The number of benzene rings is 1. The highest BCUT2D eigenvalue weighted by Crippen LogP contribution is 2.57. The Bertz CT molecular complexity index is 1490. The van der Waals surface area contributed by atoms with Crippen LogP contribution in [0.4, 0.5) is 5.00 Å². The first kappa shape index (κ1) is 28.6. The summed E-state index contributed by atoms with van der Waals surface area (Å²) in [7, 11) is 5.00. The zero-order valence-corrected chi connectivity index (χ0v) is 25.1. The lowest BCUT2D eigenvalue weighted by Gasteiger charge is -2.49. The number of Topliss-reactive ketones (excluding diaryl/α,β-unsaturated/α-hetero) is 1. The molecule has 2 amide bonds. The van der Waals surface area contributed by atoms with E-state index >= 15 is 0 Å². The molecule has 0 bridgehead atoms. The molecule has 11 heteroatoms. The molecule has 1 spiro atoms. The summed E-state index contributed by atoms with van der Waals surface area (Å²) >= 11 is 1.32. The molecule has 6 rings (SSSR count). The van der Waals surface area contributed by atoms with Gasteiger partial charge in [0.2, 0.25) is 17.7 Å². The van der Waals surface area contributed by atoms with Crippen molar-refractivity contribution in [2.45, 2.75) is 44.8 Å². The molecule has 1 saturated carbocycles. The van der Waals surface area contributed by atoms with Crippen molar-refractivity contribution in [2.24, 2.45) is 11.3 Å². The number of ether oxygens (including phenoxy) is 3. The lowest BCUT2D eigenvalue weighted by atomic mass is 9.56. The van der Waals surface area contributed by atoms with Crippen LogP contribution in [0.3, 0.4) is 0 Å². The van der Waals surface area contributed by atoms with Crippen LogP contribution in [0.25, 0.3) is 10.8 Å². The highest BCUT2D eigenvalue weighted by Gasteiger charge is 2.63. The number of amides is 2. The Morgan fingerprint density at radius 2 is 1.95 bits per heavy atom. The van der Waals surface area contributed by atoms with E-state index in [9.17, 15) is 14.4 Å². The van der Waals surface area contributed by atoms with Crippen LogP contribution in [0.1, 0.15) is 53.3 Å². The summed E-state index contributed by atoms with van der Waals surface area (Å²) in [6.45, 7) is 3.26. The normalized spacial score (nSPS) is 23.0. The number of aromatic nitrogens is 1. The van der Waals surface area contributed by atoms with Gasteiger partial charge in [-0.3, -0.25) is 19.3 Å². The van der Waals surface area contributed by atoms with Crippen molar-refractivity contribution in [3.63, 3.8) is 0 Å². The van der Waals surface area contributed by atoms with Gasteiger partial charge in [-0.2, -0.15) is 0 Å². The summed E-state index contributed by atoms with van der Waals surface area (Å²) in [5.41, 5.74) is 0.740. The maximum atomic E-state index is 14.5. The molecule has 0 unspecified atom stereocenters. The SMILES string of the molecule is COc1ccccc1[C@H](CN1c2sc(-c3ncco3)c(C)c2C(=O)[C@]2(C[C@H](C(=O)N(C)C)C2)C1=O)OC1CCOCC1. The van der Waals surface area contributed by atoms with Crippen LogP contribution in [0, 0.1) is 18.3 Å². The molecule has 2 aliphatic heterocycles. The second-order valence-corrected chi connectivity index (χ2v) is 12.4. The highest BCUT2D eigenvalue weighted by atomic mass is 32.1. The molecule has 1 atom stereocenters. The van der Waals surface area contributed by atoms with Gasteiger partial charge in [0.05, 0.1) is 36.4 Å². The monoisotopic (exact) mass is 593 g/mol. The molecule has 1 saturated heterocycles. The van der Waals surface area contributed by atoms with E-state index in [0.29, 0.717) is 40.3 Å². The third-order valence-electron chi connectivity index (χ3n) is 8.66. The Morgan fingerprint density at radius 1 is 1.21 bits per heavy atom. The van der Waals surface area contributed by atoms with Crippen LogP contribution < -0.4 is 9.64 Å². The maximum Gasteiger partial charge on any atom is 0.241 e. The van der Waals surface area contributed by atoms with Crippen LogP contribution in [0.5, 0.6) is 5.75 Å². The number of carbonyl (C=O) groups is 3. The standard InChI is InChI=1S/C31H35N3O7S/c1-18-24-26(35)31(15-19(16-31)28(36)33(2)3)30(37)34(29(24)42-25(18)27-32-11-14-40-27)17-23(41-20-9-12-39-13-10-20)21-7-5-6-8-22(21)38-4/h5-8,11,14,19-20,23H,9-10,12-13,15-17H2,1-4H3/t19-,23-,31+/m0/s1. The number of methoxy groups -OCH3 is 1. The molecule has 2 fully saturated rings. The number of ketones is 1. The Labute approximate surface area is 248 Å². The van der Waals surface area contributed by atoms with Crippen molar-refractivity contribution in [1.29, 1.82) is 0 Å². The zero-order chi connectivity index (χ0) is 29.6. The van der Waals surface area contributed by atoms with E-state index in [1.807, 2.05) is 31.2 Å². The molecule has 222 valence electrons. The summed E-state index contributed by atoms with van der Waals surface area (Å²) in [6, 6.07) is 7.65. The van der Waals surface area contributed by atoms with Gasteiger partial charge in [-0.25, -0.2) is 4.98 Å². The molecular weight excluding hydrogens is 558 g/mol. The zero-order valence-electron chi connectivity index (χ0n) is 24.3. The Hall–Kier alpha value is -3.54. The average Bonchev–Trinajstić information content (AvgIpc) is 3.62. The van der Waals surface area contributed by atoms with Gasteiger partial charge in [0.25, 0.3) is 0 Å². The maximum absolute atomic E-state index is 14.5. The predicted octanol–water partition coefficient (Wildman–Crippen LogP) is 4.67. The number of thiophene rings is 1. The summed E-state index contributed by atoms with van der Waals surface area (Å²) in [6.07, 6.45) is 4.32. The minimum atomic E-state index is -1.30. The highest BCUT2D eigenvalue weighted by molar-refractivity contribution is 7.20. The van der Waals surface area contributed by atoms with Crippen molar-refractivity contribution in [3.05, 3.63) is 53.4 Å². The van der Waals surface area contributed by atoms with Gasteiger partial charge in [0, 0.05) is 38.8 Å². The second kappa shape index (κ2) is 11.3. The number of fused-ring (bicyclic) bond motifs is 1. The van der Waals surface area contributed by atoms with Gasteiger partial charge < -0.3 is 23.5 Å². The summed E-state index contributed by atoms with van der Waals surface area (Å²) < 4.78 is 23.6. The molecule has 0 radical (unpaired) electrons. The van der Waals surface area contributed by atoms with Crippen LogP contribution in [-0.2, 0) is 19.1 Å². The van der Waals surface area contributed by atoms with E-state index < -0.39 is 11.5 Å². The van der Waals surface area contributed by atoms with Crippen molar-refractivity contribution in [3.8, 4) is 16.5 Å². The summed E-state index contributed by atoms with van der Waals surface area (Å²) in [5, 5.41) is 0.555. The molecular formula is C31H35N3O7S. The van der Waals surface area contributed by atoms with E-state index in [2.05, 4.69) is 4.98 Å². The molecule has 1 aromatic carbocycles. The fourth-order valence-corrected chi connectivity index (χ4v) is 7.64. The van der Waals surface area contributed by atoms with E-state index in [-0.39, 0.29) is 49.0 Å². The van der Waals surface area contributed by atoms with Crippen LogP contribution >= 0.6 is 11.3 Å². The number of hydrogen-bond donors (Lipinski definition) is 0. The molecule has 10 nitrogen and oxygen atoms in total. The number of nitrogens with zero attached hydrogens (tertiary/aromatic N) is 3. The van der Waals surface area contributed by atoms with E-state index in [1.54, 1.807) is 32.3 Å². The smallest absolute Gasteiger partial charge is 0.241 e. The van der Waals surface area contributed by atoms with Gasteiger partial charge in [-0.05, 0) is 44.2 Å². The first-order valence-electron chi connectivity index (χ1n) is 14.2. The molecule has 3 aromatic rings. The van der Waals surface area contributed by atoms with Gasteiger partial charge >= 0.3 is 0 Å². The Balaban J connectivity index is 1.43.